The van der Waals surface area contributed by atoms with Gasteiger partial charge in [-0.3, -0.25) is 0 Å². The number of rotatable bonds is 1. The quantitative estimate of drug-likeness (QED) is 0.466. The molecule has 3 heteroatoms. The maximum atomic E-state index is 4.38. The molecule has 0 saturated heterocycles. The van der Waals surface area contributed by atoms with Gasteiger partial charge >= 0.3 is 0 Å². The Bertz CT molecular complexity index is 132. The van der Waals surface area contributed by atoms with Gasteiger partial charge in [0.2, 0.25) is 0 Å². The minimum Gasteiger partial charge on any atom is -0.331 e. The summed E-state index contributed by atoms with van der Waals surface area (Å²) in [6, 6.07) is 0. The molecule has 0 saturated carbocycles. The van der Waals surface area contributed by atoms with Gasteiger partial charge in [-0.1, -0.05) is 0 Å². The molecule has 2 atom stereocenters. The summed E-state index contributed by atoms with van der Waals surface area (Å²) in [6.07, 6.45) is 4.17. The summed E-state index contributed by atoms with van der Waals surface area (Å²) < 4.78 is 0.714. The summed E-state index contributed by atoms with van der Waals surface area (Å²) in [6.45, 7) is 3.17. The van der Waals surface area contributed by atoms with Crippen LogP contribution in [0.2, 0.25) is 0 Å². The molecule has 1 aliphatic heterocycles. The first-order valence-corrected chi connectivity index (χ1v) is 3.27. The van der Waals surface area contributed by atoms with E-state index in [2.05, 4.69) is 31.9 Å². The number of hydrogen-bond acceptors (Lipinski definition) is 0. The van der Waals surface area contributed by atoms with E-state index in [1.165, 1.54) is 0 Å². The normalized spacial score (nSPS) is 41.9. The van der Waals surface area contributed by atoms with Crippen LogP contribution in [0.5, 0.6) is 0 Å². The maximum absolute atomic E-state index is 4.38. The first kappa shape index (κ1) is 6.74. The number of hydrogen-bond donors (Lipinski definition) is 1. The van der Waals surface area contributed by atoms with E-state index in [9.17, 15) is 0 Å². The van der Waals surface area contributed by atoms with Crippen LogP contribution >= 0.6 is 0 Å². The lowest BCUT2D eigenvalue weighted by Crippen LogP contribution is -2.99. The Hall–Kier alpha value is -0.380. The van der Waals surface area contributed by atoms with Crippen LogP contribution in [0.25, 0.3) is 5.53 Å². The molecule has 0 amide bonds. The van der Waals surface area contributed by atoms with E-state index in [1.54, 1.807) is 0 Å². The largest absolute Gasteiger partial charge is 0.331 e. The van der Waals surface area contributed by atoms with Crippen molar-refractivity contribution in [2.45, 2.75) is 6.92 Å². The van der Waals surface area contributed by atoms with Crippen LogP contribution < -0.4 is 5.01 Å². The smallest absolute Gasteiger partial charge is 0.143 e. The summed E-state index contributed by atoms with van der Waals surface area (Å²) in [5.41, 5.74) is 4.38. The summed E-state index contributed by atoms with van der Waals surface area (Å²) in [7, 11) is 4.11. The molecule has 1 rings (SSSR count). The third-order valence-electron chi connectivity index (χ3n) is 1.66. The minimum atomic E-state index is 0.714. The zero-order valence-corrected chi connectivity index (χ0v) is 6.26. The van der Waals surface area contributed by atoms with E-state index in [0.29, 0.717) is 4.59 Å². The Kier molecular flexibility index (Phi) is 1.57. The van der Waals surface area contributed by atoms with Crippen molar-refractivity contribution >= 4 is 0 Å². The molecule has 0 aromatic carbocycles. The highest BCUT2D eigenvalue weighted by molar-refractivity contribution is 4.69. The minimum absolute atomic E-state index is 0.714. The molecule has 3 nitrogen and oxygen atoms in total. The van der Waals surface area contributed by atoms with Gasteiger partial charge in [0.15, 0.2) is 0 Å². The van der Waals surface area contributed by atoms with Crippen LogP contribution in [0, 0.1) is 0 Å². The monoisotopic (exact) mass is 128 g/mol. The second kappa shape index (κ2) is 2.10. The molecule has 52 valence electrons. The SMILES string of the molecule is CC[N+]1(C)C=C[NH+](C)[N-]1. The van der Waals surface area contributed by atoms with E-state index in [-0.39, 0.29) is 0 Å². The van der Waals surface area contributed by atoms with Gasteiger partial charge in [0.1, 0.15) is 12.4 Å². The lowest BCUT2D eigenvalue weighted by molar-refractivity contribution is -0.945. The molecule has 0 spiro atoms. The molecule has 1 heterocycles. The van der Waals surface area contributed by atoms with E-state index < -0.39 is 0 Å². The Morgan fingerprint density at radius 1 is 1.67 bits per heavy atom. The third-order valence-corrected chi connectivity index (χ3v) is 1.66. The Morgan fingerprint density at radius 2 is 2.33 bits per heavy atom. The molecular weight excluding hydrogens is 114 g/mol. The predicted molar refractivity (Wildman–Crippen MR) is 36.1 cm³/mol. The van der Waals surface area contributed by atoms with E-state index in [4.69, 9.17) is 0 Å². The molecule has 9 heavy (non-hydrogen) atoms. The molecule has 0 fully saturated rings. The highest BCUT2D eigenvalue weighted by Crippen LogP contribution is 2.08. The zero-order valence-electron chi connectivity index (χ0n) is 6.26. The average Bonchev–Trinajstić information content (AvgIpc) is 2.13. The molecule has 2 unspecified atom stereocenters. The Morgan fingerprint density at radius 3 is 2.56 bits per heavy atom. The van der Waals surface area contributed by atoms with Crippen LogP contribution in [0.1, 0.15) is 6.92 Å². The van der Waals surface area contributed by atoms with Gasteiger partial charge in [-0.05, 0) is 6.92 Å². The van der Waals surface area contributed by atoms with Crippen LogP contribution in [0.3, 0.4) is 0 Å². The van der Waals surface area contributed by atoms with Crippen molar-refractivity contribution in [2.24, 2.45) is 0 Å². The molecule has 0 aromatic heterocycles. The average molecular weight is 128 g/mol. The van der Waals surface area contributed by atoms with Crippen molar-refractivity contribution in [1.82, 2.24) is 0 Å². The lowest BCUT2D eigenvalue weighted by Gasteiger charge is -2.34. The van der Waals surface area contributed by atoms with Gasteiger partial charge < -0.3 is 9.60 Å². The fourth-order valence-electron chi connectivity index (χ4n) is 0.872. The molecule has 1 N–H and O–H groups in total. The Balaban J connectivity index is 2.57. The molecule has 0 bridgehead atoms. The molecular formula is C6H14N3+. The van der Waals surface area contributed by atoms with Gasteiger partial charge in [0.05, 0.1) is 20.6 Å². The fourth-order valence-corrected chi connectivity index (χ4v) is 0.872. The second-order valence-electron chi connectivity index (χ2n) is 2.59. The van der Waals surface area contributed by atoms with Crippen LogP contribution in [-0.4, -0.2) is 25.2 Å². The highest BCUT2D eigenvalue weighted by Gasteiger charge is 2.15. The predicted octanol–water partition coefficient (Wildman–Crippen LogP) is -0.344. The van der Waals surface area contributed by atoms with Gasteiger partial charge in [-0.15, -0.1) is 0 Å². The third kappa shape index (κ3) is 1.30. The first-order valence-electron chi connectivity index (χ1n) is 3.27. The standard InChI is InChI=1S/C6H14N3/c1-4-9(3)6-5-8(2)7-9/h5-6,8H,4H2,1-3H3/q+1. The van der Waals surface area contributed by atoms with Crippen LogP contribution in [0.4, 0.5) is 0 Å². The molecule has 1 aliphatic rings. The second-order valence-corrected chi connectivity index (χ2v) is 2.59. The summed E-state index contributed by atoms with van der Waals surface area (Å²) in [4.78, 5) is 0. The summed E-state index contributed by atoms with van der Waals surface area (Å²) in [5, 5.41) is 1.12. The number of nitrogens with zero attached hydrogens (tertiary/aromatic N) is 2. The van der Waals surface area contributed by atoms with Crippen molar-refractivity contribution in [3.8, 4) is 0 Å². The Labute approximate surface area is 56.1 Å². The molecule has 0 radical (unpaired) electrons. The van der Waals surface area contributed by atoms with Gasteiger partial charge in [0.25, 0.3) is 0 Å². The number of quaternary nitrogens is 2. The summed E-state index contributed by atoms with van der Waals surface area (Å²) >= 11 is 0. The van der Waals surface area contributed by atoms with Crippen molar-refractivity contribution in [3.63, 3.8) is 0 Å². The van der Waals surface area contributed by atoms with Crippen LogP contribution in [0.15, 0.2) is 12.4 Å². The van der Waals surface area contributed by atoms with Gasteiger partial charge in [0, 0.05) is 0 Å². The fraction of sp³-hybridized carbons (Fsp3) is 0.667. The maximum Gasteiger partial charge on any atom is 0.143 e. The van der Waals surface area contributed by atoms with Crippen LogP contribution in [-0.2, 0) is 0 Å². The topological polar surface area (TPSA) is 18.5 Å². The molecule has 0 aromatic rings. The van der Waals surface area contributed by atoms with E-state index in [1.807, 2.05) is 7.05 Å². The number of nitrogens with one attached hydrogen (secondary N) is 1. The van der Waals surface area contributed by atoms with Gasteiger partial charge in [-0.25, -0.2) is 5.53 Å². The summed E-state index contributed by atoms with van der Waals surface area (Å²) in [5.74, 6) is 0. The molecule has 0 aliphatic carbocycles. The van der Waals surface area contributed by atoms with Crippen molar-refractivity contribution in [2.75, 3.05) is 20.6 Å². The van der Waals surface area contributed by atoms with E-state index in [0.717, 1.165) is 11.6 Å². The highest BCUT2D eigenvalue weighted by atomic mass is 15.8. The first-order chi connectivity index (χ1) is 4.16. The van der Waals surface area contributed by atoms with E-state index >= 15 is 0 Å². The van der Waals surface area contributed by atoms with Gasteiger partial charge in [-0.2, -0.15) is 0 Å². The van der Waals surface area contributed by atoms with Crippen molar-refractivity contribution in [1.29, 1.82) is 0 Å². The zero-order chi connectivity index (χ0) is 6.91. The van der Waals surface area contributed by atoms with Crippen molar-refractivity contribution < 1.29 is 9.60 Å². The van der Waals surface area contributed by atoms with Crippen molar-refractivity contribution in [3.05, 3.63) is 17.9 Å². The lowest BCUT2D eigenvalue weighted by atomic mass is 10.6.